The van der Waals surface area contributed by atoms with Crippen LogP contribution in [0.2, 0.25) is 5.02 Å². The molecule has 0 aliphatic carbocycles. The van der Waals surface area contributed by atoms with Gasteiger partial charge in [-0.1, -0.05) is 11.6 Å². The smallest absolute Gasteiger partial charge is 0.211 e. The molecule has 0 bridgehead atoms. The Labute approximate surface area is 67.2 Å². The molecule has 0 aromatic carbocycles. The summed E-state index contributed by atoms with van der Waals surface area (Å²) in [6.45, 7) is 0.347. The molecule has 0 unspecified atom stereocenters. The number of halogens is 1. The normalized spacial score (nSPS) is 8.90. The van der Waals surface area contributed by atoms with Gasteiger partial charge in [0.05, 0.1) is 11.6 Å². The number of hydrogen-bond donors (Lipinski definition) is 0. The minimum Gasteiger partial charge on any atom is -0.211 e. The first-order valence-corrected chi connectivity index (χ1v) is 3.86. The zero-order chi connectivity index (χ0) is 7.40. The van der Waals surface area contributed by atoms with Crippen LogP contribution in [-0.4, -0.2) is 6.08 Å². The first-order valence-electron chi connectivity index (χ1n) is 2.60. The molecule has 0 saturated carbocycles. The third-order valence-electron chi connectivity index (χ3n) is 0.978. The lowest BCUT2D eigenvalue weighted by atomic mass is 10.5. The number of nitrogens with zero attached hydrogens (tertiary/aromatic N) is 1. The molecule has 0 aliphatic rings. The molecular formula is C6H4ClNOS. The molecule has 0 spiro atoms. The maximum atomic E-state index is 9.68. The molecular weight excluding hydrogens is 170 g/mol. The van der Waals surface area contributed by atoms with Gasteiger partial charge in [0.15, 0.2) is 0 Å². The quantitative estimate of drug-likeness (QED) is 0.498. The first kappa shape index (κ1) is 7.48. The van der Waals surface area contributed by atoms with E-state index >= 15 is 0 Å². The summed E-state index contributed by atoms with van der Waals surface area (Å²) >= 11 is 7.18. The second kappa shape index (κ2) is 3.52. The highest BCUT2D eigenvalue weighted by Gasteiger charge is 1.98. The third kappa shape index (κ3) is 1.67. The van der Waals surface area contributed by atoms with Gasteiger partial charge >= 0.3 is 0 Å². The Hall–Kier alpha value is -0.630. The molecule has 52 valence electrons. The molecule has 0 aliphatic heterocycles. The Morgan fingerprint density at radius 3 is 3.10 bits per heavy atom. The molecule has 0 saturated heterocycles. The molecule has 0 radical (unpaired) electrons. The van der Waals surface area contributed by atoms with E-state index in [1.807, 2.05) is 5.38 Å². The molecule has 4 heteroatoms. The highest BCUT2D eigenvalue weighted by Crippen LogP contribution is 2.22. The summed E-state index contributed by atoms with van der Waals surface area (Å²) in [5.41, 5.74) is 0. The summed E-state index contributed by atoms with van der Waals surface area (Å²) in [6, 6.07) is 1.78. The minimum absolute atomic E-state index is 0.347. The number of hydrogen-bond acceptors (Lipinski definition) is 3. The van der Waals surface area contributed by atoms with Crippen LogP contribution < -0.4 is 0 Å². The highest BCUT2D eigenvalue weighted by atomic mass is 35.5. The van der Waals surface area contributed by atoms with E-state index in [9.17, 15) is 4.79 Å². The van der Waals surface area contributed by atoms with Crippen LogP contribution in [0.1, 0.15) is 4.88 Å². The molecule has 1 heterocycles. The lowest BCUT2D eigenvalue weighted by molar-refractivity contribution is 0.563. The van der Waals surface area contributed by atoms with Crippen LogP contribution in [0.3, 0.4) is 0 Å². The number of aliphatic imine (C=N–C) groups is 1. The maximum Gasteiger partial charge on any atom is 0.235 e. The average molecular weight is 174 g/mol. The molecule has 0 atom stereocenters. The lowest BCUT2D eigenvalue weighted by Crippen LogP contribution is -1.72. The van der Waals surface area contributed by atoms with Gasteiger partial charge in [-0.2, -0.15) is 0 Å². The van der Waals surface area contributed by atoms with Crippen molar-refractivity contribution in [1.82, 2.24) is 0 Å². The summed E-state index contributed by atoms with van der Waals surface area (Å²) in [6.07, 6.45) is 1.46. The van der Waals surface area contributed by atoms with Crippen LogP contribution in [-0.2, 0) is 11.3 Å². The Kier molecular flexibility index (Phi) is 2.63. The van der Waals surface area contributed by atoms with Gasteiger partial charge in [-0.15, -0.1) is 11.3 Å². The molecule has 10 heavy (non-hydrogen) atoms. The number of rotatable bonds is 2. The SMILES string of the molecule is O=C=NCc1sccc1Cl. The lowest BCUT2D eigenvalue weighted by Gasteiger charge is -1.85. The molecule has 2 nitrogen and oxygen atoms in total. The second-order valence-electron chi connectivity index (χ2n) is 1.60. The number of carbonyl (C=O) groups excluding carboxylic acids is 1. The van der Waals surface area contributed by atoms with Crippen LogP contribution in [0.15, 0.2) is 16.4 Å². The molecule has 1 rings (SSSR count). The second-order valence-corrected chi connectivity index (χ2v) is 3.01. The fourth-order valence-electron chi connectivity index (χ4n) is 0.542. The molecule has 0 amide bonds. The third-order valence-corrected chi connectivity index (χ3v) is 2.35. The van der Waals surface area contributed by atoms with Crippen LogP contribution in [0.5, 0.6) is 0 Å². The van der Waals surface area contributed by atoms with Crippen molar-refractivity contribution in [1.29, 1.82) is 0 Å². The predicted octanol–water partition coefficient (Wildman–Crippen LogP) is 2.24. The minimum atomic E-state index is 0.347. The summed E-state index contributed by atoms with van der Waals surface area (Å²) in [4.78, 5) is 14.0. The van der Waals surface area contributed by atoms with Crippen molar-refractivity contribution in [3.8, 4) is 0 Å². The van der Waals surface area contributed by atoms with Crippen molar-refractivity contribution < 1.29 is 4.79 Å². The van der Waals surface area contributed by atoms with E-state index in [0.717, 1.165) is 4.88 Å². The standard InChI is InChI=1S/C6H4ClNOS/c7-5-1-2-10-6(5)3-8-4-9/h1-2H,3H2. The van der Waals surface area contributed by atoms with E-state index < -0.39 is 0 Å². The van der Waals surface area contributed by atoms with E-state index in [2.05, 4.69) is 4.99 Å². The zero-order valence-corrected chi connectivity index (χ0v) is 6.58. The van der Waals surface area contributed by atoms with Crippen molar-refractivity contribution in [2.75, 3.05) is 0 Å². The van der Waals surface area contributed by atoms with Crippen molar-refractivity contribution >= 4 is 29.0 Å². The average Bonchev–Trinajstić information content (AvgIpc) is 2.31. The van der Waals surface area contributed by atoms with E-state index in [-0.39, 0.29) is 0 Å². The number of isocyanates is 1. The van der Waals surface area contributed by atoms with E-state index in [1.165, 1.54) is 17.4 Å². The topological polar surface area (TPSA) is 29.4 Å². The summed E-state index contributed by atoms with van der Waals surface area (Å²) in [5.74, 6) is 0. The Balaban J connectivity index is 2.74. The largest absolute Gasteiger partial charge is 0.235 e. The van der Waals surface area contributed by atoms with E-state index in [1.54, 1.807) is 6.07 Å². The first-order chi connectivity index (χ1) is 4.84. The van der Waals surface area contributed by atoms with Crippen LogP contribution >= 0.6 is 22.9 Å². The zero-order valence-electron chi connectivity index (χ0n) is 5.00. The van der Waals surface area contributed by atoms with Gasteiger partial charge in [0.25, 0.3) is 0 Å². The molecule has 1 aromatic heterocycles. The molecule has 0 fully saturated rings. The van der Waals surface area contributed by atoms with Crippen molar-refractivity contribution in [2.45, 2.75) is 6.54 Å². The Morgan fingerprint density at radius 1 is 1.80 bits per heavy atom. The predicted molar refractivity (Wildman–Crippen MR) is 41.2 cm³/mol. The Bertz CT molecular complexity index is 264. The van der Waals surface area contributed by atoms with Crippen molar-refractivity contribution in [2.24, 2.45) is 4.99 Å². The molecule has 1 aromatic rings. The van der Waals surface area contributed by atoms with Gasteiger partial charge in [-0.05, 0) is 11.4 Å². The van der Waals surface area contributed by atoms with Crippen LogP contribution in [0.4, 0.5) is 0 Å². The maximum absolute atomic E-state index is 9.68. The van der Waals surface area contributed by atoms with Gasteiger partial charge in [0.1, 0.15) is 0 Å². The van der Waals surface area contributed by atoms with Gasteiger partial charge in [-0.3, -0.25) is 0 Å². The highest BCUT2D eigenvalue weighted by molar-refractivity contribution is 7.10. The fourth-order valence-corrected chi connectivity index (χ4v) is 1.56. The Morgan fingerprint density at radius 2 is 2.60 bits per heavy atom. The summed E-state index contributed by atoms with van der Waals surface area (Å²) in [7, 11) is 0. The van der Waals surface area contributed by atoms with Crippen molar-refractivity contribution in [3.05, 3.63) is 21.3 Å². The van der Waals surface area contributed by atoms with Gasteiger partial charge in [0, 0.05) is 4.88 Å². The fraction of sp³-hybridized carbons (Fsp3) is 0.167. The van der Waals surface area contributed by atoms with Gasteiger partial charge in [-0.25, -0.2) is 9.79 Å². The number of thiophene rings is 1. The van der Waals surface area contributed by atoms with Gasteiger partial charge < -0.3 is 0 Å². The van der Waals surface area contributed by atoms with E-state index in [0.29, 0.717) is 11.6 Å². The van der Waals surface area contributed by atoms with Crippen LogP contribution in [0.25, 0.3) is 0 Å². The van der Waals surface area contributed by atoms with Crippen LogP contribution in [0, 0.1) is 0 Å². The van der Waals surface area contributed by atoms with E-state index in [4.69, 9.17) is 11.6 Å². The summed E-state index contributed by atoms with van der Waals surface area (Å²) < 4.78 is 0. The summed E-state index contributed by atoms with van der Waals surface area (Å²) in [5, 5.41) is 2.53. The van der Waals surface area contributed by atoms with Gasteiger partial charge in [0.2, 0.25) is 6.08 Å². The molecule has 0 N–H and O–H groups in total. The monoisotopic (exact) mass is 173 g/mol. The van der Waals surface area contributed by atoms with Crippen molar-refractivity contribution in [3.63, 3.8) is 0 Å².